The first-order valence-electron chi connectivity index (χ1n) is 8.36. The Morgan fingerprint density at radius 2 is 1.39 bits per heavy atom. The Kier molecular flexibility index (Phi) is 11.1. The quantitative estimate of drug-likeness (QED) is 0.248. The Morgan fingerprint density at radius 3 is 1.75 bits per heavy atom. The van der Waals surface area contributed by atoms with Gasteiger partial charge in [0.05, 0.1) is 19.6 Å². The van der Waals surface area contributed by atoms with Gasteiger partial charge in [0, 0.05) is 27.2 Å². The van der Waals surface area contributed by atoms with Crippen molar-refractivity contribution < 1.29 is 29.7 Å². The number of nitrogens with zero attached hydrogens (tertiary/aromatic N) is 2. The van der Waals surface area contributed by atoms with Gasteiger partial charge in [0.15, 0.2) is 5.75 Å². The molecule has 0 aliphatic heterocycles. The largest absolute Gasteiger partial charge is 0.502 e. The first kappa shape index (κ1) is 25.0. The molecule has 5 N–H and O–H groups in total. The zero-order valence-corrected chi connectivity index (χ0v) is 16.0. The van der Waals surface area contributed by atoms with Crippen LogP contribution >= 0.6 is 0 Å². The van der Waals surface area contributed by atoms with Gasteiger partial charge in [-0.15, -0.1) is 0 Å². The minimum absolute atomic E-state index is 0.0139. The monoisotopic (exact) mass is 402 g/mol. The van der Waals surface area contributed by atoms with Gasteiger partial charge in [0.2, 0.25) is 5.91 Å². The molecular weight excluding hydrogens is 376 g/mol. The van der Waals surface area contributed by atoms with Crippen LogP contribution in [-0.2, 0) is 14.4 Å². The van der Waals surface area contributed by atoms with E-state index in [4.69, 9.17) is 15.3 Å². The molecule has 0 radical (unpaired) electrons. The van der Waals surface area contributed by atoms with E-state index in [9.17, 15) is 24.0 Å². The summed E-state index contributed by atoms with van der Waals surface area (Å²) in [6, 6.07) is 0. The van der Waals surface area contributed by atoms with Crippen molar-refractivity contribution >= 4 is 23.5 Å². The molecule has 1 amide bonds. The third kappa shape index (κ3) is 8.60. The molecule has 0 aromatic heterocycles. The molecule has 1 aromatic rings. The van der Waals surface area contributed by atoms with Crippen molar-refractivity contribution in [2.45, 2.75) is 6.92 Å². The van der Waals surface area contributed by atoms with Crippen LogP contribution < -0.4 is 21.5 Å². The smallest absolute Gasteiger partial charge is 0.317 e. The topological polar surface area (TPSA) is 177 Å². The van der Waals surface area contributed by atoms with Gasteiger partial charge in [0.25, 0.3) is 10.9 Å². The third-order valence-corrected chi connectivity index (χ3v) is 3.68. The fourth-order valence-corrected chi connectivity index (χ4v) is 2.12. The van der Waals surface area contributed by atoms with Crippen LogP contribution in [0.5, 0.6) is 5.75 Å². The molecule has 12 heteroatoms. The Balaban J connectivity index is 0.000000668. The molecule has 0 atom stereocenters. The molecule has 0 aliphatic carbocycles. The van der Waals surface area contributed by atoms with E-state index in [1.165, 1.54) is 19.0 Å². The zero-order valence-electron chi connectivity index (χ0n) is 16.0. The molecule has 0 saturated carbocycles. The maximum atomic E-state index is 11.2. The van der Waals surface area contributed by atoms with E-state index >= 15 is 0 Å². The number of rotatable bonds is 11. The first-order valence-corrected chi connectivity index (χ1v) is 8.36. The summed E-state index contributed by atoms with van der Waals surface area (Å²) >= 11 is 0. The van der Waals surface area contributed by atoms with Crippen LogP contribution in [0.3, 0.4) is 0 Å². The van der Waals surface area contributed by atoms with E-state index in [2.05, 4.69) is 10.6 Å². The summed E-state index contributed by atoms with van der Waals surface area (Å²) in [6.07, 6.45) is 0. The molecule has 0 spiro atoms. The highest BCUT2D eigenvalue weighted by Crippen LogP contribution is 2.12. The highest BCUT2D eigenvalue weighted by atomic mass is 16.4. The Bertz CT molecular complexity index is 741. The number of hydrogen-bond acceptors (Lipinski definition) is 9. The predicted molar refractivity (Wildman–Crippen MR) is 100 cm³/mol. The highest BCUT2D eigenvalue weighted by Gasteiger charge is 2.17. The summed E-state index contributed by atoms with van der Waals surface area (Å²) in [5, 5.41) is 30.9. The average Bonchev–Trinajstić information content (AvgIpc) is 2.64. The molecule has 0 saturated heterocycles. The average molecular weight is 402 g/mol. The van der Waals surface area contributed by atoms with Crippen molar-refractivity contribution in [1.29, 1.82) is 0 Å². The van der Waals surface area contributed by atoms with E-state index in [0.717, 1.165) is 0 Å². The minimum Gasteiger partial charge on any atom is -0.502 e. The van der Waals surface area contributed by atoms with E-state index in [1.54, 1.807) is 4.90 Å². The van der Waals surface area contributed by atoms with Crippen LogP contribution in [0, 0.1) is 0 Å². The maximum absolute atomic E-state index is 11.2. The molecular formula is C16H26N4O8. The van der Waals surface area contributed by atoms with E-state index in [-0.39, 0.29) is 31.2 Å². The summed E-state index contributed by atoms with van der Waals surface area (Å²) < 4.78 is 0. The normalized spacial score (nSPS) is 10.5. The van der Waals surface area contributed by atoms with Crippen LogP contribution in [-0.4, -0.2) is 96.3 Å². The van der Waals surface area contributed by atoms with Gasteiger partial charge in [-0.05, 0) is 6.54 Å². The fraction of sp³-hybridized carbons (Fsp3) is 0.562. The van der Waals surface area contributed by atoms with Crippen molar-refractivity contribution in [1.82, 2.24) is 15.1 Å². The van der Waals surface area contributed by atoms with Gasteiger partial charge < -0.3 is 26.0 Å². The van der Waals surface area contributed by atoms with E-state index in [0.29, 0.717) is 19.6 Å². The lowest BCUT2D eigenvalue weighted by Gasteiger charge is -2.24. The van der Waals surface area contributed by atoms with E-state index in [1.807, 2.05) is 6.92 Å². The van der Waals surface area contributed by atoms with Crippen LogP contribution in [0.25, 0.3) is 0 Å². The summed E-state index contributed by atoms with van der Waals surface area (Å²) in [4.78, 5) is 56.3. The van der Waals surface area contributed by atoms with Gasteiger partial charge in [-0.2, -0.15) is 0 Å². The number of nitrogens with one attached hydrogen (secondary N) is 2. The Morgan fingerprint density at radius 1 is 0.893 bits per heavy atom. The fourth-order valence-electron chi connectivity index (χ4n) is 2.12. The lowest BCUT2D eigenvalue weighted by atomic mass is 10.2. The minimum atomic E-state index is -1.02. The molecule has 0 unspecified atom stereocenters. The molecule has 28 heavy (non-hydrogen) atoms. The summed E-state index contributed by atoms with van der Waals surface area (Å²) in [6.45, 7) is 2.72. The number of carboxylic acids is 2. The van der Waals surface area contributed by atoms with Crippen LogP contribution in [0.2, 0.25) is 0 Å². The maximum Gasteiger partial charge on any atom is 0.317 e. The van der Waals surface area contributed by atoms with Gasteiger partial charge in [-0.25, -0.2) is 0 Å². The number of carbonyl (C=O) groups excluding carboxylic acids is 1. The first-order chi connectivity index (χ1) is 13.1. The second kappa shape index (κ2) is 12.4. The summed E-state index contributed by atoms with van der Waals surface area (Å²) in [5.74, 6) is -2.69. The third-order valence-electron chi connectivity index (χ3n) is 3.68. The number of amides is 1. The lowest BCUT2D eigenvalue weighted by Crippen LogP contribution is -2.43. The number of carboxylic acid groups (broad SMARTS) is 2. The predicted octanol–water partition coefficient (Wildman–Crippen LogP) is -2.44. The van der Waals surface area contributed by atoms with Crippen molar-refractivity contribution in [3.8, 4) is 5.75 Å². The molecule has 1 rings (SSSR count). The summed E-state index contributed by atoms with van der Waals surface area (Å²) in [7, 11) is 2.94. The molecule has 0 heterocycles. The number of aromatic hydroxyl groups is 1. The highest BCUT2D eigenvalue weighted by molar-refractivity contribution is 5.78. The van der Waals surface area contributed by atoms with Gasteiger partial charge in [0.1, 0.15) is 5.69 Å². The van der Waals surface area contributed by atoms with Crippen LogP contribution in [0.1, 0.15) is 6.92 Å². The van der Waals surface area contributed by atoms with Gasteiger partial charge in [-0.1, -0.05) is 6.92 Å². The zero-order chi connectivity index (χ0) is 21.9. The van der Waals surface area contributed by atoms with Crippen LogP contribution in [0.4, 0.5) is 5.69 Å². The lowest BCUT2D eigenvalue weighted by molar-refractivity contribution is -0.140. The van der Waals surface area contributed by atoms with Crippen molar-refractivity contribution in [3.05, 3.63) is 20.4 Å². The van der Waals surface area contributed by atoms with Crippen molar-refractivity contribution in [3.63, 3.8) is 0 Å². The van der Waals surface area contributed by atoms with Crippen LogP contribution in [0.15, 0.2) is 9.59 Å². The Hall–Kier alpha value is -2.99. The SMILES string of the molecule is CCN(CCN(CC(=O)O)CC(=O)NC)CC(=O)O.CNc1c(O)c(=O)c1=O. The molecule has 12 nitrogen and oxygen atoms in total. The number of anilines is 1. The molecule has 0 aliphatic rings. The number of aliphatic carboxylic acids is 2. The van der Waals surface area contributed by atoms with Crippen molar-refractivity contribution in [2.75, 3.05) is 58.7 Å². The second-order valence-electron chi connectivity index (χ2n) is 5.67. The van der Waals surface area contributed by atoms with E-state index < -0.39 is 28.5 Å². The molecule has 158 valence electrons. The second-order valence-corrected chi connectivity index (χ2v) is 5.67. The number of carbonyl (C=O) groups is 3. The molecule has 0 bridgehead atoms. The van der Waals surface area contributed by atoms with Crippen molar-refractivity contribution in [2.24, 2.45) is 0 Å². The van der Waals surface area contributed by atoms with Gasteiger partial charge in [-0.3, -0.25) is 33.8 Å². The molecule has 0 fully saturated rings. The molecule has 1 aromatic carbocycles. The number of hydrogen-bond donors (Lipinski definition) is 5. The standard InChI is InChI=1S/C11H21N3O5.C5H5NO3/c1-3-13(7-10(16)17)4-5-14(8-11(18)19)6-9(15)12-2;1-6-2-3(7)5(9)4(2)8/h3-8H2,1-2H3,(H,12,15)(H,16,17)(H,18,19);6-7H,1H3. The number of likely N-dealkylation sites (N-methyl/N-ethyl adjacent to an activating group) is 2. The van der Waals surface area contributed by atoms with Gasteiger partial charge >= 0.3 is 11.9 Å². The summed E-state index contributed by atoms with van der Waals surface area (Å²) in [5.41, 5.74) is -1.44. The Labute approximate surface area is 161 Å².